The Kier molecular flexibility index (Phi) is 3.54. The van der Waals surface area contributed by atoms with Gasteiger partial charge in [-0.3, -0.25) is 14.3 Å². The molecule has 3 rings (SSSR count). The van der Waals surface area contributed by atoms with Gasteiger partial charge in [0.25, 0.3) is 5.56 Å². The third-order valence-electron chi connectivity index (χ3n) is 3.83. The molecule has 0 amide bonds. The van der Waals surface area contributed by atoms with Crippen LogP contribution in [-0.2, 0) is 13.6 Å². The van der Waals surface area contributed by atoms with E-state index in [9.17, 15) is 9.59 Å². The van der Waals surface area contributed by atoms with Gasteiger partial charge in [-0.15, -0.1) is 0 Å². The number of hydrogen-bond acceptors (Lipinski definition) is 5. The van der Waals surface area contributed by atoms with Crippen molar-refractivity contribution >= 4 is 17.1 Å². The molecule has 3 heterocycles. The van der Waals surface area contributed by atoms with Gasteiger partial charge in [-0.05, 0) is 6.42 Å². The summed E-state index contributed by atoms with van der Waals surface area (Å²) in [7, 11) is 1.63. The molecule has 1 aliphatic heterocycles. The second-order valence-electron chi connectivity index (χ2n) is 5.29. The van der Waals surface area contributed by atoms with Crippen LogP contribution < -0.4 is 21.5 Å². The minimum Gasteiger partial charge on any atom is -0.340 e. The van der Waals surface area contributed by atoms with Gasteiger partial charge in [-0.2, -0.15) is 4.98 Å². The Morgan fingerprint density at radius 2 is 1.95 bits per heavy atom. The first-order valence-electron chi connectivity index (χ1n) is 7.28. The van der Waals surface area contributed by atoms with Crippen LogP contribution in [0.3, 0.4) is 0 Å². The molecule has 0 aliphatic carbocycles. The van der Waals surface area contributed by atoms with Crippen LogP contribution in [0.15, 0.2) is 9.59 Å². The molecular weight excluding hydrogens is 272 g/mol. The average molecular weight is 292 g/mol. The molecule has 0 spiro atoms. The number of aryl methyl sites for hydroxylation is 2. The van der Waals surface area contributed by atoms with Gasteiger partial charge in [0.15, 0.2) is 11.2 Å². The van der Waals surface area contributed by atoms with Crippen LogP contribution in [0.25, 0.3) is 11.2 Å². The fourth-order valence-corrected chi connectivity index (χ4v) is 2.76. The number of hydrogen-bond donors (Lipinski definition) is 2. The Bertz CT molecular complexity index is 765. The highest BCUT2D eigenvalue weighted by Gasteiger charge is 2.22. The Morgan fingerprint density at radius 1 is 1.24 bits per heavy atom. The van der Waals surface area contributed by atoms with E-state index in [4.69, 9.17) is 0 Å². The van der Waals surface area contributed by atoms with E-state index in [1.54, 1.807) is 7.05 Å². The second kappa shape index (κ2) is 5.36. The van der Waals surface area contributed by atoms with Gasteiger partial charge in [0.2, 0.25) is 5.95 Å². The van der Waals surface area contributed by atoms with E-state index in [0.717, 1.165) is 38.5 Å². The highest BCUT2D eigenvalue weighted by atomic mass is 16.2. The second-order valence-corrected chi connectivity index (χ2v) is 5.29. The predicted molar refractivity (Wildman–Crippen MR) is 81.0 cm³/mol. The smallest absolute Gasteiger partial charge is 0.329 e. The molecule has 0 atom stereocenters. The van der Waals surface area contributed by atoms with Crippen molar-refractivity contribution < 1.29 is 0 Å². The van der Waals surface area contributed by atoms with E-state index in [1.165, 1.54) is 4.57 Å². The number of nitrogens with one attached hydrogen (secondary N) is 2. The van der Waals surface area contributed by atoms with Crippen molar-refractivity contribution in [1.29, 1.82) is 0 Å². The van der Waals surface area contributed by atoms with Crippen LogP contribution >= 0.6 is 0 Å². The SMILES string of the molecule is CCCn1c(N2CCNCC2)nc2c1c(=O)[nH]c(=O)n2C. The molecule has 0 saturated carbocycles. The van der Waals surface area contributed by atoms with Crippen molar-refractivity contribution in [1.82, 2.24) is 24.4 Å². The molecule has 2 N–H and O–H groups in total. The summed E-state index contributed by atoms with van der Waals surface area (Å²) in [6, 6.07) is 0. The average Bonchev–Trinajstić information content (AvgIpc) is 2.86. The van der Waals surface area contributed by atoms with Gasteiger partial charge in [-0.25, -0.2) is 4.79 Å². The molecule has 21 heavy (non-hydrogen) atoms. The van der Waals surface area contributed by atoms with Crippen molar-refractivity contribution in [3.63, 3.8) is 0 Å². The molecular formula is C13H20N6O2. The highest BCUT2D eigenvalue weighted by Crippen LogP contribution is 2.20. The van der Waals surface area contributed by atoms with Crippen LogP contribution in [-0.4, -0.2) is 45.3 Å². The molecule has 1 fully saturated rings. The summed E-state index contributed by atoms with van der Waals surface area (Å²) in [5, 5.41) is 3.30. The maximum Gasteiger partial charge on any atom is 0.329 e. The summed E-state index contributed by atoms with van der Waals surface area (Å²) < 4.78 is 3.33. The Morgan fingerprint density at radius 3 is 2.62 bits per heavy atom. The van der Waals surface area contributed by atoms with E-state index in [0.29, 0.717) is 17.7 Å². The van der Waals surface area contributed by atoms with Crippen LogP contribution in [0.1, 0.15) is 13.3 Å². The number of aromatic nitrogens is 4. The van der Waals surface area contributed by atoms with E-state index in [-0.39, 0.29) is 5.56 Å². The number of imidazole rings is 1. The van der Waals surface area contributed by atoms with E-state index in [1.807, 2.05) is 4.57 Å². The summed E-state index contributed by atoms with van der Waals surface area (Å²) in [4.78, 5) is 33.0. The number of rotatable bonds is 3. The molecule has 1 aliphatic rings. The minimum absolute atomic E-state index is 0.365. The van der Waals surface area contributed by atoms with E-state index >= 15 is 0 Å². The molecule has 2 aromatic rings. The molecule has 0 bridgehead atoms. The molecule has 1 saturated heterocycles. The largest absolute Gasteiger partial charge is 0.340 e. The maximum absolute atomic E-state index is 12.2. The third-order valence-corrected chi connectivity index (χ3v) is 3.83. The fraction of sp³-hybridized carbons (Fsp3) is 0.615. The van der Waals surface area contributed by atoms with Crippen LogP contribution in [0, 0.1) is 0 Å². The topological polar surface area (TPSA) is 88.0 Å². The van der Waals surface area contributed by atoms with Crippen molar-refractivity contribution in [2.75, 3.05) is 31.1 Å². The molecule has 8 nitrogen and oxygen atoms in total. The number of aromatic amines is 1. The molecule has 0 unspecified atom stereocenters. The van der Waals surface area contributed by atoms with Crippen molar-refractivity contribution in [2.24, 2.45) is 7.05 Å². The third kappa shape index (κ3) is 2.25. The molecule has 0 radical (unpaired) electrons. The lowest BCUT2D eigenvalue weighted by Gasteiger charge is -2.28. The van der Waals surface area contributed by atoms with Crippen LogP contribution in [0.2, 0.25) is 0 Å². The summed E-state index contributed by atoms with van der Waals surface area (Å²) >= 11 is 0. The lowest BCUT2D eigenvalue weighted by molar-refractivity contribution is 0.564. The number of piperazine rings is 1. The van der Waals surface area contributed by atoms with E-state index < -0.39 is 5.69 Å². The molecule has 8 heteroatoms. The monoisotopic (exact) mass is 292 g/mol. The number of fused-ring (bicyclic) bond motifs is 1. The first kappa shape index (κ1) is 13.9. The first-order chi connectivity index (χ1) is 10.1. The lowest BCUT2D eigenvalue weighted by atomic mass is 10.4. The van der Waals surface area contributed by atoms with Gasteiger partial charge in [0, 0.05) is 39.8 Å². The fourth-order valence-electron chi connectivity index (χ4n) is 2.76. The zero-order valence-electron chi connectivity index (χ0n) is 12.3. The minimum atomic E-state index is -0.430. The van der Waals surface area contributed by atoms with Gasteiger partial charge in [0.05, 0.1) is 0 Å². The Balaban J connectivity index is 2.26. The number of nitrogens with zero attached hydrogens (tertiary/aromatic N) is 4. The summed E-state index contributed by atoms with van der Waals surface area (Å²) in [5.74, 6) is 0.778. The number of anilines is 1. The standard InChI is InChI=1S/C13H20N6O2/c1-3-6-19-9-10(17(2)13(21)16-11(9)20)15-12(19)18-7-4-14-5-8-18/h14H,3-8H2,1-2H3,(H,16,20,21). The van der Waals surface area contributed by atoms with Crippen molar-refractivity contribution in [3.05, 3.63) is 20.8 Å². The quantitative estimate of drug-likeness (QED) is 0.776. The summed E-state index contributed by atoms with van der Waals surface area (Å²) in [5.41, 5.74) is 0.133. The Labute approximate surface area is 121 Å². The summed E-state index contributed by atoms with van der Waals surface area (Å²) in [6.45, 7) is 6.24. The predicted octanol–water partition coefficient (Wildman–Crippen LogP) is -0.757. The van der Waals surface area contributed by atoms with Gasteiger partial charge in [-0.1, -0.05) is 6.92 Å². The normalized spacial score (nSPS) is 15.8. The molecule has 0 aromatic carbocycles. The highest BCUT2D eigenvalue weighted by molar-refractivity contribution is 5.74. The lowest BCUT2D eigenvalue weighted by Crippen LogP contribution is -2.44. The van der Waals surface area contributed by atoms with Crippen molar-refractivity contribution in [2.45, 2.75) is 19.9 Å². The zero-order valence-corrected chi connectivity index (χ0v) is 12.3. The number of H-pyrrole nitrogens is 1. The van der Waals surface area contributed by atoms with Gasteiger partial charge >= 0.3 is 5.69 Å². The maximum atomic E-state index is 12.2. The van der Waals surface area contributed by atoms with Gasteiger partial charge in [0.1, 0.15) is 0 Å². The first-order valence-corrected chi connectivity index (χ1v) is 7.28. The van der Waals surface area contributed by atoms with Gasteiger partial charge < -0.3 is 14.8 Å². The van der Waals surface area contributed by atoms with Crippen LogP contribution in [0.4, 0.5) is 5.95 Å². The molecule has 2 aromatic heterocycles. The van der Waals surface area contributed by atoms with Crippen molar-refractivity contribution in [3.8, 4) is 0 Å². The zero-order chi connectivity index (χ0) is 15.0. The van der Waals surface area contributed by atoms with E-state index in [2.05, 4.69) is 27.1 Å². The Hall–Kier alpha value is -2.09. The molecule has 114 valence electrons. The summed E-state index contributed by atoms with van der Waals surface area (Å²) in [6.07, 6.45) is 0.896. The van der Waals surface area contributed by atoms with Crippen LogP contribution in [0.5, 0.6) is 0 Å².